The number of rotatable bonds is 3. The van der Waals surface area contributed by atoms with Crippen molar-refractivity contribution in [1.29, 1.82) is 0 Å². The van der Waals surface area contributed by atoms with E-state index in [9.17, 15) is 0 Å². The second kappa shape index (κ2) is 5.94. The van der Waals surface area contributed by atoms with Crippen LogP contribution in [0.2, 0.25) is 0 Å². The number of nitrogens with zero attached hydrogens (tertiary/aromatic N) is 1. The van der Waals surface area contributed by atoms with Gasteiger partial charge in [-0.2, -0.15) is 11.8 Å². The number of nitrogens with one attached hydrogen (secondary N) is 1. The maximum atomic E-state index is 3.67. The van der Waals surface area contributed by atoms with E-state index in [1.165, 1.54) is 69.7 Å². The highest BCUT2D eigenvalue weighted by atomic mass is 32.2. The van der Waals surface area contributed by atoms with Crippen molar-refractivity contribution < 1.29 is 0 Å². The van der Waals surface area contributed by atoms with Crippen LogP contribution < -0.4 is 5.32 Å². The molecule has 1 aliphatic carbocycles. The van der Waals surface area contributed by atoms with Crippen molar-refractivity contribution in [2.45, 2.75) is 50.6 Å². The van der Waals surface area contributed by atoms with Gasteiger partial charge in [0.15, 0.2) is 0 Å². The van der Waals surface area contributed by atoms with Crippen LogP contribution in [0.1, 0.15) is 38.5 Å². The fraction of sp³-hybridized carbons (Fsp3) is 1.00. The lowest BCUT2D eigenvalue weighted by Crippen LogP contribution is -2.46. The minimum Gasteiger partial charge on any atom is -0.312 e. The van der Waals surface area contributed by atoms with Gasteiger partial charge in [-0.05, 0) is 51.1 Å². The topological polar surface area (TPSA) is 15.3 Å². The summed E-state index contributed by atoms with van der Waals surface area (Å²) in [7, 11) is 0. The van der Waals surface area contributed by atoms with Gasteiger partial charge in [0.2, 0.25) is 0 Å². The molecule has 0 radical (unpaired) electrons. The van der Waals surface area contributed by atoms with E-state index in [0.29, 0.717) is 0 Å². The summed E-state index contributed by atoms with van der Waals surface area (Å²) < 4.78 is 0. The molecule has 0 spiro atoms. The summed E-state index contributed by atoms with van der Waals surface area (Å²) in [4.78, 5) is 2.82. The number of fused-ring (bicyclic) bond motifs is 1. The van der Waals surface area contributed by atoms with Crippen molar-refractivity contribution in [1.82, 2.24) is 10.2 Å². The van der Waals surface area contributed by atoms with E-state index in [2.05, 4.69) is 22.0 Å². The number of piperidine rings is 1. The molecule has 0 aromatic rings. The van der Waals surface area contributed by atoms with Gasteiger partial charge in [-0.3, -0.25) is 0 Å². The van der Waals surface area contributed by atoms with Crippen molar-refractivity contribution in [3.05, 3.63) is 0 Å². The van der Waals surface area contributed by atoms with Crippen LogP contribution in [0.3, 0.4) is 0 Å². The summed E-state index contributed by atoms with van der Waals surface area (Å²) in [6.45, 7) is 3.95. The lowest BCUT2D eigenvalue weighted by atomic mass is 9.91. The van der Waals surface area contributed by atoms with Crippen LogP contribution in [0.4, 0.5) is 0 Å². The Balaban J connectivity index is 1.47. The Morgan fingerprint density at radius 1 is 1.18 bits per heavy atom. The molecule has 3 heteroatoms. The summed E-state index contributed by atoms with van der Waals surface area (Å²) >= 11 is 2.13. The Bertz CT molecular complexity index is 240. The predicted molar refractivity (Wildman–Crippen MR) is 75.7 cm³/mol. The fourth-order valence-electron chi connectivity index (χ4n) is 3.96. The van der Waals surface area contributed by atoms with E-state index in [1.807, 2.05) is 0 Å². The molecular formula is C14H26N2S. The van der Waals surface area contributed by atoms with Crippen LogP contribution in [0, 0.1) is 5.92 Å². The molecule has 3 rings (SSSR count). The van der Waals surface area contributed by atoms with Crippen molar-refractivity contribution >= 4 is 11.8 Å². The summed E-state index contributed by atoms with van der Waals surface area (Å²) in [5.41, 5.74) is 0. The maximum absolute atomic E-state index is 3.67. The van der Waals surface area contributed by atoms with Gasteiger partial charge in [0.1, 0.15) is 0 Å². The molecule has 98 valence electrons. The minimum absolute atomic E-state index is 0.788. The van der Waals surface area contributed by atoms with E-state index >= 15 is 0 Å². The number of hydrogen-bond donors (Lipinski definition) is 1. The standard InChI is InChI=1S/C14H26N2S/c1-3-12-4-2-8-16(14(12)5-1)9-6-13-11-17-10-7-15-13/h12-15H,1-11H2. The Morgan fingerprint density at radius 2 is 2.12 bits per heavy atom. The molecule has 1 saturated carbocycles. The van der Waals surface area contributed by atoms with Gasteiger partial charge in [0.25, 0.3) is 0 Å². The van der Waals surface area contributed by atoms with E-state index in [1.54, 1.807) is 0 Å². The average molecular weight is 254 g/mol. The van der Waals surface area contributed by atoms with Gasteiger partial charge in [-0.25, -0.2) is 0 Å². The monoisotopic (exact) mass is 254 g/mol. The first-order chi connectivity index (χ1) is 8.43. The van der Waals surface area contributed by atoms with E-state index in [4.69, 9.17) is 0 Å². The SMILES string of the molecule is C1CC2CCCN(CCC3CSCCN3)C2C1. The Morgan fingerprint density at radius 3 is 3.00 bits per heavy atom. The first-order valence-corrected chi connectivity index (χ1v) is 8.64. The molecule has 0 amide bonds. The molecule has 2 nitrogen and oxygen atoms in total. The van der Waals surface area contributed by atoms with Crippen LogP contribution in [0.15, 0.2) is 0 Å². The first kappa shape index (κ1) is 12.3. The highest BCUT2D eigenvalue weighted by Crippen LogP contribution is 2.36. The highest BCUT2D eigenvalue weighted by molar-refractivity contribution is 7.99. The molecule has 3 aliphatic rings. The average Bonchev–Trinajstić information content (AvgIpc) is 2.86. The van der Waals surface area contributed by atoms with E-state index < -0.39 is 0 Å². The second-order valence-electron chi connectivity index (χ2n) is 5.95. The first-order valence-electron chi connectivity index (χ1n) is 7.48. The summed E-state index contributed by atoms with van der Waals surface area (Å²) in [5, 5.41) is 3.67. The van der Waals surface area contributed by atoms with E-state index in [0.717, 1.165) is 18.0 Å². The molecule has 0 aromatic carbocycles. The highest BCUT2D eigenvalue weighted by Gasteiger charge is 2.34. The van der Waals surface area contributed by atoms with Gasteiger partial charge in [0.05, 0.1) is 0 Å². The molecule has 0 aromatic heterocycles. The van der Waals surface area contributed by atoms with Crippen molar-refractivity contribution in [3.8, 4) is 0 Å². The largest absolute Gasteiger partial charge is 0.312 e. The van der Waals surface area contributed by atoms with Crippen molar-refractivity contribution in [3.63, 3.8) is 0 Å². The number of likely N-dealkylation sites (tertiary alicyclic amines) is 1. The van der Waals surface area contributed by atoms with Crippen LogP contribution in [0.5, 0.6) is 0 Å². The molecule has 1 N–H and O–H groups in total. The van der Waals surface area contributed by atoms with Crippen molar-refractivity contribution in [2.24, 2.45) is 5.92 Å². The molecule has 3 atom stereocenters. The second-order valence-corrected chi connectivity index (χ2v) is 7.10. The molecule has 3 unspecified atom stereocenters. The molecule has 2 saturated heterocycles. The molecular weight excluding hydrogens is 228 g/mol. The summed E-state index contributed by atoms with van der Waals surface area (Å²) in [6.07, 6.45) is 8.82. The molecule has 2 heterocycles. The molecule has 0 bridgehead atoms. The third-order valence-electron chi connectivity index (χ3n) is 4.87. The van der Waals surface area contributed by atoms with Gasteiger partial charge in [0, 0.05) is 30.1 Å². The Hall–Kier alpha value is 0.270. The van der Waals surface area contributed by atoms with Crippen molar-refractivity contribution in [2.75, 3.05) is 31.1 Å². The van der Waals surface area contributed by atoms with Crippen LogP contribution in [-0.4, -0.2) is 48.1 Å². The number of hydrogen-bond acceptors (Lipinski definition) is 3. The number of thioether (sulfide) groups is 1. The zero-order valence-corrected chi connectivity index (χ0v) is 11.7. The minimum atomic E-state index is 0.788. The molecule has 17 heavy (non-hydrogen) atoms. The summed E-state index contributed by atoms with van der Waals surface area (Å²) in [5.74, 6) is 3.70. The summed E-state index contributed by atoms with van der Waals surface area (Å²) in [6, 6.07) is 1.75. The third kappa shape index (κ3) is 2.99. The van der Waals surface area contributed by atoms with Gasteiger partial charge < -0.3 is 10.2 Å². The van der Waals surface area contributed by atoms with E-state index in [-0.39, 0.29) is 0 Å². The van der Waals surface area contributed by atoms with Gasteiger partial charge in [-0.1, -0.05) is 6.42 Å². The zero-order valence-electron chi connectivity index (χ0n) is 10.9. The maximum Gasteiger partial charge on any atom is 0.0170 e. The lowest BCUT2D eigenvalue weighted by Gasteiger charge is -2.38. The van der Waals surface area contributed by atoms with Crippen LogP contribution in [0.25, 0.3) is 0 Å². The van der Waals surface area contributed by atoms with Gasteiger partial charge >= 0.3 is 0 Å². The van der Waals surface area contributed by atoms with Crippen LogP contribution in [-0.2, 0) is 0 Å². The Labute approximate surface area is 110 Å². The smallest absolute Gasteiger partial charge is 0.0170 e. The Kier molecular flexibility index (Phi) is 4.30. The quantitative estimate of drug-likeness (QED) is 0.832. The molecule has 2 aliphatic heterocycles. The fourth-order valence-corrected chi connectivity index (χ4v) is 4.96. The zero-order chi connectivity index (χ0) is 11.5. The van der Waals surface area contributed by atoms with Crippen LogP contribution >= 0.6 is 11.8 Å². The normalized spacial score (nSPS) is 39.2. The lowest BCUT2D eigenvalue weighted by molar-refractivity contribution is 0.109. The predicted octanol–water partition coefficient (Wildman–Crippen LogP) is 2.35. The van der Waals surface area contributed by atoms with Gasteiger partial charge in [-0.15, -0.1) is 0 Å². The third-order valence-corrected chi connectivity index (χ3v) is 6.00. The molecule has 3 fully saturated rings.